The van der Waals surface area contributed by atoms with Crippen molar-refractivity contribution in [3.63, 3.8) is 0 Å². The van der Waals surface area contributed by atoms with Crippen molar-refractivity contribution in [2.24, 2.45) is 0 Å². The second-order valence-electron chi connectivity index (χ2n) is 10.6. The van der Waals surface area contributed by atoms with E-state index in [4.69, 9.17) is 9.47 Å². The molecule has 0 radical (unpaired) electrons. The van der Waals surface area contributed by atoms with Gasteiger partial charge in [0.25, 0.3) is 11.8 Å². The number of amides is 2. The fraction of sp³-hybridized carbons (Fsp3) is 0.135. The summed E-state index contributed by atoms with van der Waals surface area (Å²) in [7, 11) is 1.56. The zero-order valence-electron chi connectivity index (χ0n) is 24.6. The van der Waals surface area contributed by atoms with Crippen LogP contribution in [0.15, 0.2) is 127 Å². The van der Waals surface area contributed by atoms with E-state index in [1.54, 1.807) is 19.2 Å². The van der Waals surface area contributed by atoms with Gasteiger partial charge in [-0.1, -0.05) is 84.4 Å². The van der Waals surface area contributed by atoms with Gasteiger partial charge in [0, 0.05) is 12.2 Å². The molecule has 0 aliphatic carbocycles. The van der Waals surface area contributed by atoms with Gasteiger partial charge in [0.1, 0.15) is 17.7 Å². The third kappa shape index (κ3) is 5.99. The number of rotatable bonds is 9. The van der Waals surface area contributed by atoms with Gasteiger partial charge in [-0.25, -0.2) is 0 Å². The summed E-state index contributed by atoms with van der Waals surface area (Å²) < 4.78 is 11.1. The average Bonchev–Trinajstić information content (AvgIpc) is 3.06. The third-order valence-corrected chi connectivity index (χ3v) is 7.64. The minimum atomic E-state index is -0.428. The maximum atomic E-state index is 14.1. The van der Waals surface area contributed by atoms with E-state index in [1.165, 1.54) is 0 Å². The lowest BCUT2D eigenvalue weighted by Gasteiger charge is -2.46. The van der Waals surface area contributed by atoms with Crippen molar-refractivity contribution >= 4 is 28.9 Å². The van der Waals surface area contributed by atoms with Gasteiger partial charge in [0.05, 0.1) is 24.0 Å². The second-order valence-corrected chi connectivity index (χ2v) is 10.6. The molecule has 0 fully saturated rings. The van der Waals surface area contributed by atoms with Crippen LogP contribution in [0.3, 0.4) is 0 Å². The second kappa shape index (κ2) is 12.8. The molecule has 1 aliphatic rings. The van der Waals surface area contributed by atoms with Crippen molar-refractivity contribution in [3.05, 3.63) is 150 Å². The summed E-state index contributed by atoms with van der Waals surface area (Å²) in [6.45, 7) is 2.47. The summed E-state index contributed by atoms with van der Waals surface area (Å²) in [5.74, 6) is 0.759. The maximum Gasteiger partial charge on any atom is 0.262 e. The predicted octanol–water partition coefficient (Wildman–Crippen LogP) is 7.39. The number of carbonyl (C=O) groups excluding carboxylic acids is 2. The molecule has 7 heteroatoms. The standard InChI is InChI=1S/C37H33N3O4/c1-26-16-20-29(21-17-26)40-36(39(24-27-10-4-3-5-11-27)33-14-8-6-12-31(33)37(40)42)28-18-22-30(23-19-28)44-25-35(41)38-32-13-7-9-15-34(32)43-2/h3-23,36H,24-25H2,1-2H3,(H,38,41)/t36-/m0/s1. The van der Waals surface area contributed by atoms with E-state index in [0.717, 1.165) is 28.1 Å². The number of carbonyl (C=O) groups is 2. The van der Waals surface area contributed by atoms with Crippen molar-refractivity contribution in [3.8, 4) is 11.5 Å². The molecule has 5 aromatic rings. The summed E-state index contributed by atoms with van der Waals surface area (Å²) in [6, 6.07) is 40.9. The van der Waals surface area contributed by atoms with E-state index in [2.05, 4.69) is 22.3 Å². The molecule has 7 nitrogen and oxygen atoms in total. The minimum Gasteiger partial charge on any atom is -0.495 e. The molecular formula is C37H33N3O4. The van der Waals surface area contributed by atoms with Crippen molar-refractivity contribution < 1.29 is 19.1 Å². The average molecular weight is 584 g/mol. The summed E-state index contributed by atoms with van der Waals surface area (Å²) in [5.41, 5.74) is 6.08. The molecule has 0 bridgehead atoms. The molecule has 1 atom stereocenters. The summed E-state index contributed by atoms with van der Waals surface area (Å²) >= 11 is 0. The lowest BCUT2D eigenvalue weighted by atomic mass is 9.99. The number of nitrogens with one attached hydrogen (secondary N) is 1. The van der Waals surface area contributed by atoms with Crippen LogP contribution >= 0.6 is 0 Å². The number of aryl methyl sites for hydroxylation is 1. The van der Waals surface area contributed by atoms with Gasteiger partial charge in [0.2, 0.25) is 0 Å². The molecule has 0 saturated heterocycles. The lowest BCUT2D eigenvalue weighted by molar-refractivity contribution is -0.118. The van der Waals surface area contributed by atoms with E-state index in [9.17, 15) is 9.59 Å². The number of methoxy groups -OCH3 is 1. The molecule has 6 rings (SSSR count). The highest BCUT2D eigenvalue weighted by Crippen LogP contribution is 2.42. The minimum absolute atomic E-state index is 0.0629. The number of nitrogens with zero attached hydrogens (tertiary/aromatic N) is 2. The van der Waals surface area contributed by atoms with Crippen LogP contribution in [0.4, 0.5) is 17.1 Å². The summed E-state index contributed by atoms with van der Waals surface area (Å²) in [4.78, 5) is 30.9. The highest BCUT2D eigenvalue weighted by molar-refractivity contribution is 6.12. The summed E-state index contributed by atoms with van der Waals surface area (Å²) in [6.07, 6.45) is -0.428. The van der Waals surface area contributed by atoms with Crippen LogP contribution in [0, 0.1) is 6.92 Å². The molecular weight excluding hydrogens is 550 g/mol. The molecule has 0 aromatic heterocycles. The van der Waals surface area contributed by atoms with Gasteiger partial charge in [-0.15, -0.1) is 0 Å². The smallest absolute Gasteiger partial charge is 0.262 e. The highest BCUT2D eigenvalue weighted by Gasteiger charge is 2.39. The van der Waals surface area contributed by atoms with Gasteiger partial charge < -0.3 is 19.7 Å². The van der Waals surface area contributed by atoms with Crippen molar-refractivity contribution in [2.45, 2.75) is 19.6 Å². The number of para-hydroxylation sites is 3. The zero-order chi connectivity index (χ0) is 30.5. The Labute approximate surface area is 257 Å². The fourth-order valence-electron chi connectivity index (χ4n) is 5.48. The van der Waals surface area contributed by atoms with Gasteiger partial charge in [-0.3, -0.25) is 14.5 Å². The van der Waals surface area contributed by atoms with Crippen LogP contribution in [0.5, 0.6) is 11.5 Å². The Morgan fingerprint density at radius 3 is 2.23 bits per heavy atom. The molecule has 1 N–H and O–H groups in total. The van der Waals surface area contributed by atoms with E-state index in [0.29, 0.717) is 29.3 Å². The lowest BCUT2D eigenvalue weighted by Crippen LogP contribution is -2.49. The first-order chi connectivity index (χ1) is 21.5. The quantitative estimate of drug-likeness (QED) is 0.196. The van der Waals surface area contributed by atoms with Crippen LogP contribution in [-0.2, 0) is 11.3 Å². The van der Waals surface area contributed by atoms with Crippen molar-refractivity contribution in [2.75, 3.05) is 28.8 Å². The van der Waals surface area contributed by atoms with Gasteiger partial charge in [-0.05, 0) is 66.6 Å². The Morgan fingerprint density at radius 2 is 1.48 bits per heavy atom. The van der Waals surface area contributed by atoms with E-state index < -0.39 is 6.17 Å². The molecule has 0 unspecified atom stereocenters. The molecule has 1 aliphatic heterocycles. The Morgan fingerprint density at radius 1 is 0.795 bits per heavy atom. The van der Waals surface area contributed by atoms with Crippen molar-refractivity contribution in [1.29, 1.82) is 0 Å². The number of hydrogen-bond donors (Lipinski definition) is 1. The van der Waals surface area contributed by atoms with Crippen LogP contribution in [0.25, 0.3) is 0 Å². The van der Waals surface area contributed by atoms with Crippen LogP contribution in [0.2, 0.25) is 0 Å². The number of fused-ring (bicyclic) bond motifs is 1. The summed E-state index contributed by atoms with van der Waals surface area (Å²) in [5, 5.41) is 2.83. The normalized spacial score (nSPS) is 14.1. The Bertz CT molecular complexity index is 1750. The van der Waals surface area contributed by atoms with E-state index in [1.807, 2.05) is 115 Å². The highest BCUT2D eigenvalue weighted by atomic mass is 16.5. The number of benzene rings is 5. The van der Waals surface area contributed by atoms with Gasteiger partial charge in [0.15, 0.2) is 6.61 Å². The molecule has 5 aromatic carbocycles. The first-order valence-electron chi connectivity index (χ1n) is 14.5. The number of anilines is 3. The van der Waals surface area contributed by atoms with Crippen LogP contribution < -0.4 is 24.6 Å². The van der Waals surface area contributed by atoms with E-state index in [-0.39, 0.29) is 18.4 Å². The number of hydrogen-bond acceptors (Lipinski definition) is 5. The third-order valence-electron chi connectivity index (χ3n) is 7.64. The van der Waals surface area contributed by atoms with Crippen molar-refractivity contribution in [1.82, 2.24) is 0 Å². The maximum absolute atomic E-state index is 14.1. The topological polar surface area (TPSA) is 71.1 Å². The van der Waals surface area contributed by atoms with Crippen LogP contribution in [0.1, 0.15) is 33.2 Å². The largest absolute Gasteiger partial charge is 0.495 e. The molecule has 44 heavy (non-hydrogen) atoms. The number of ether oxygens (including phenoxy) is 2. The SMILES string of the molecule is COc1ccccc1NC(=O)COc1ccc([C@H]2N(Cc3ccccc3)c3ccccc3C(=O)N2c2ccc(C)cc2)cc1. The molecule has 220 valence electrons. The van der Waals surface area contributed by atoms with Gasteiger partial charge >= 0.3 is 0 Å². The Hall–Kier alpha value is -5.56. The molecule has 0 spiro atoms. The molecule has 2 amide bonds. The van der Waals surface area contributed by atoms with Gasteiger partial charge in [-0.2, -0.15) is 0 Å². The van der Waals surface area contributed by atoms with Crippen LogP contribution in [-0.4, -0.2) is 25.5 Å². The zero-order valence-corrected chi connectivity index (χ0v) is 24.6. The first-order valence-corrected chi connectivity index (χ1v) is 14.5. The predicted molar refractivity (Wildman–Crippen MR) is 173 cm³/mol. The Balaban J connectivity index is 1.31. The first kappa shape index (κ1) is 28.6. The fourth-order valence-corrected chi connectivity index (χ4v) is 5.48. The molecule has 0 saturated carbocycles. The molecule has 1 heterocycles. The Kier molecular flexibility index (Phi) is 8.28. The van der Waals surface area contributed by atoms with E-state index >= 15 is 0 Å². The monoisotopic (exact) mass is 583 g/mol.